The molecular weight excluding hydrogens is 304 g/mol. The predicted molar refractivity (Wildman–Crippen MR) is 79.1 cm³/mol. The molecule has 1 aliphatic heterocycles. The summed E-state index contributed by atoms with van der Waals surface area (Å²) in [4.78, 5) is 0. The van der Waals surface area contributed by atoms with E-state index >= 15 is 0 Å². The molecule has 3 heteroatoms. The molecule has 3 rings (SSSR count). The lowest BCUT2D eigenvalue weighted by atomic mass is 10.1. The van der Waals surface area contributed by atoms with Gasteiger partial charge in [0.15, 0.2) is 0 Å². The van der Waals surface area contributed by atoms with Gasteiger partial charge in [-0.25, -0.2) is 0 Å². The molecule has 2 aromatic rings. The molecule has 98 valence electrons. The van der Waals surface area contributed by atoms with Crippen LogP contribution in [0.4, 0.5) is 0 Å². The van der Waals surface area contributed by atoms with Crippen LogP contribution in [0.15, 0.2) is 48.5 Å². The molecule has 1 atom stereocenters. The Labute approximate surface area is 121 Å². The second-order valence-corrected chi connectivity index (χ2v) is 5.20. The lowest BCUT2D eigenvalue weighted by Gasteiger charge is -2.12. The van der Waals surface area contributed by atoms with Gasteiger partial charge < -0.3 is 9.47 Å². The Bertz CT molecular complexity index is 543. The van der Waals surface area contributed by atoms with Crippen LogP contribution in [-0.2, 0) is 11.8 Å². The molecule has 19 heavy (non-hydrogen) atoms. The number of halogens is 1. The Morgan fingerprint density at radius 2 is 2.05 bits per heavy atom. The molecule has 0 saturated carbocycles. The molecule has 2 nitrogen and oxygen atoms in total. The molecule has 1 aliphatic rings. The van der Waals surface area contributed by atoms with Crippen LogP contribution >= 0.6 is 15.9 Å². The molecule has 0 saturated heterocycles. The van der Waals surface area contributed by atoms with Crippen molar-refractivity contribution in [1.29, 1.82) is 0 Å². The van der Waals surface area contributed by atoms with Crippen molar-refractivity contribution in [1.82, 2.24) is 0 Å². The summed E-state index contributed by atoms with van der Waals surface area (Å²) in [6, 6.07) is 16.3. The summed E-state index contributed by atoms with van der Waals surface area (Å²) in [5.41, 5.74) is 2.48. The predicted octanol–water partition coefficient (Wildman–Crippen LogP) is 3.96. The highest BCUT2D eigenvalue weighted by Gasteiger charge is 2.22. The third-order valence-corrected chi connectivity index (χ3v) is 3.85. The van der Waals surface area contributed by atoms with Crippen LogP contribution in [0.3, 0.4) is 0 Å². The normalized spacial score (nSPS) is 16.8. The molecule has 0 aliphatic carbocycles. The number of rotatable bonds is 4. The number of benzene rings is 2. The fourth-order valence-corrected chi connectivity index (χ4v) is 2.60. The van der Waals surface area contributed by atoms with Gasteiger partial charge >= 0.3 is 0 Å². The first kappa shape index (κ1) is 12.5. The topological polar surface area (TPSA) is 18.5 Å². The van der Waals surface area contributed by atoms with Gasteiger partial charge in [0, 0.05) is 11.8 Å². The van der Waals surface area contributed by atoms with Crippen molar-refractivity contribution in [2.75, 3.05) is 6.61 Å². The Balaban J connectivity index is 1.59. The Morgan fingerprint density at radius 3 is 2.89 bits per heavy atom. The van der Waals surface area contributed by atoms with Crippen LogP contribution in [0.2, 0.25) is 0 Å². The lowest BCUT2D eigenvalue weighted by molar-refractivity contribution is 0.148. The maximum absolute atomic E-state index is 5.85. The minimum atomic E-state index is 0.116. The van der Waals surface area contributed by atoms with E-state index in [1.807, 2.05) is 30.3 Å². The Kier molecular flexibility index (Phi) is 3.74. The highest BCUT2D eigenvalue weighted by atomic mass is 79.9. The van der Waals surface area contributed by atoms with Crippen molar-refractivity contribution in [3.8, 4) is 11.5 Å². The van der Waals surface area contributed by atoms with Crippen LogP contribution in [-0.4, -0.2) is 12.7 Å². The number of alkyl halides is 1. The third kappa shape index (κ3) is 2.92. The van der Waals surface area contributed by atoms with E-state index in [1.54, 1.807) is 0 Å². The maximum atomic E-state index is 5.85. The first-order valence-corrected chi connectivity index (χ1v) is 7.49. The molecular formula is C16H15BrO2. The minimum Gasteiger partial charge on any atom is -0.490 e. The molecule has 1 unspecified atom stereocenters. The van der Waals surface area contributed by atoms with Gasteiger partial charge in [-0.05, 0) is 29.3 Å². The average Bonchev–Trinajstić information content (AvgIpc) is 2.88. The van der Waals surface area contributed by atoms with Crippen molar-refractivity contribution in [3.05, 3.63) is 59.7 Å². The minimum absolute atomic E-state index is 0.116. The summed E-state index contributed by atoms with van der Waals surface area (Å²) in [5, 5.41) is 0.843. The molecule has 0 spiro atoms. The second kappa shape index (κ2) is 5.66. The van der Waals surface area contributed by atoms with Gasteiger partial charge in [0.1, 0.15) is 24.2 Å². The zero-order valence-electron chi connectivity index (χ0n) is 10.5. The maximum Gasteiger partial charge on any atom is 0.137 e. The van der Waals surface area contributed by atoms with E-state index in [0.29, 0.717) is 6.61 Å². The second-order valence-electron chi connectivity index (χ2n) is 4.64. The SMILES string of the molecule is BrCc1cccc(OCC2Cc3ccccc3O2)c1. The van der Waals surface area contributed by atoms with Crippen LogP contribution in [0.25, 0.3) is 0 Å². The summed E-state index contributed by atoms with van der Waals surface area (Å²) in [6.45, 7) is 0.584. The number of hydrogen-bond donors (Lipinski definition) is 0. The van der Waals surface area contributed by atoms with E-state index in [1.165, 1.54) is 11.1 Å². The standard InChI is InChI=1S/C16H15BrO2/c17-10-12-4-3-6-14(8-12)18-11-15-9-13-5-1-2-7-16(13)19-15/h1-8,15H,9-11H2. The van der Waals surface area contributed by atoms with Crippen molar-refractivity contribution < 1.29 is 9.47 Å². The zero-order chi connectivity index (χ0) is 13.1. The summed E-state index contributed by atoms with van der Waals surface area (Å²) < 4.78 is 11.7. The molecule has 0 N–H and O–H groups in total. The van der Waals surface area contributed by atoms with Crippen molar-refractivity contribution in [2.24, 2.45) is 0 Å². The lowest BCUT2D eigenvalue weighted by Crippen LogP contribution is -2.22. The largest absolute Gasteiger partial charge is 0.490 e. The smallest absolute Gasteiger partial charge is 0.137 e. The van der Waals surface area contributed by atoms with Gasteiger partial charge in [0.2, 0.25) is 0 Å². The van der Waals surface area contributed by atoms with Crippen LogP contribution in [0.1, 0.15) is 11.1 Å². The van der Waals surface area contributed by atoms with E-state index in [4.69, 9.17) is 9.47 Å². The van der Waals surface area contributed by atoms with Gasteiger partial charge in [0.05, 0.1) is 0 Å². The first-order valence-electron chi connectivity index (χ1n) is 6.37. The molecule has 0 radical (unpaired) electrons. The van der Waals surface area contributed by atoms with Gasteiger partial charge in [-0.3, -0.25) is 0 Å². The molecule has 1 heterocycles. The third-order valence-electron chi connectivity index (χ3n) is 3.20. The highest BCUT2D eigenvalue weighted by molar-refractivity contribution is 9.08. The van der Waals surface area contributed by atoms with Crippen LogP contribution < -0.4 is 9.47 Å². The molecule has 0 fully saturated rings. The van der Waals surface area contributed by atoms with Gasteiger partial charge in [-0.2, -0.15) is 0 Å². The monoisotopic (exact) mass is 318 g/mol. The Hall–Kier alpha value is -1.48. The summed E-state index contributed by atoms with van der Waals surface area (Å²) >= 11 is 3.45. The molecule has 0 aromatic heterocycles. The van der Waals surface area contributed by atoms with Crippen molar-refractivity contribution in [2.45, 2.75) is 17.9 Å². The Morgan fingerprint density at radius 1 is 1.16 bits per heavy atom. The quantitative estimate of drug-likeness (QED) is 0.794. The van der Waals surface area contributed by atoms with Crippen LogP contribution in [0, 0.1) is 0 Å². The zero-order valence-corrected chi connectivity index (χ0v) is 12.1. The van der Waals surface area contributed by atoms with E-state index in [-0.39, 0.29) is 6.10 Å². The molecule has 0 bridgehead atoms. The summed E-state index contributed by atoms with van der Waals surface area (Å²) in [7, 11) is 0. The molecule has 0 amide bonds. The fourth-order valence-electron chi connectivity index (χ4n) is 2.25. The van der Waals surface area contributed by atoms with Gasteiger partial charge in [-0.15, -0.1) is 0 Å². The number of ether oxygens (including phenoxy) is 2. The van der Waals surface area contributed by atoms with Crippen LogP contribution in [0.5, 0.6) is 11.5 Å². The van der Waals surface area contributed by atoms with E-state index in [9.17, 15) is 0 Å². The summed E-state index contributed by atoms with van der Waals surface area (Å²) in [5.74, 6) is 1.89. The summed E-state index contributed by atoms with van der Waals surface area (Å²) in [6.07, 6.45) is 1.04. The number of fused-ring (bicyclic) bond motifs is 1. The molecule has 2 aromatic carbocycles. The fraction of sp³-hybridized carbons (Fsp3) is 0.250. The van der Waals surface area contributed by atoms with E-state index in [0.717, 1.165) is 23.2 Å². The highest BCUT2D eigenvalue weighted by Crippen LogP contribution is 2.28. The number of para-hydroxylation sites is 1. The van der Waals surface area contributed by atoms with Gasteiger partial charge in [0.25, 0.3) is 0 Å². The van der Waals surface area contributed by atoms with Crippen molar-refractivity contribution >= 4 is 15.9 Å². The van der Waals surface area contributed by atoms with E-state index in [2.05, 4.69) is 34.1 Å². The first-order chi connectivity index (χ1) is 9.35. The number of hydrogen-bond acceptors (Lipinski definition) is 2. The van der Waals surface area contributed by atoms with Crippen molar-refractivity contribution in [3.63, 3.8) is 0 Å². The average molecular weight is 319 g/mol. The van der Waals surface area contributed by atoms with E-state index < -0.39 is 0 Å². The van der Waals surface area contributed by atoms with Gasteiger partial charge in [-0.1, -0.05) is 46.3 Å².